The van der Waals surface area contributed by atoms with Crippen LogP contribution in [0.15, 0.2) is 29.3 Å². The number of likely N-dealkylation sites (tertiary alicyclic amines) is 1. The molecule has 1 aromatic rings. The van der Waals surface area contributed by atoms with Crippen molar-refractivity contribution in [2.24, 2.45) is 11.8 Å². The van der Waals surface area contributed by atoms with E-state index in [-0.39, 0.29) is 36.1 Å². The molecule has 206 valence electrons. The van der Waals surface area contributed by atoms with Gasteiger partial charge in [-0.2, -0.15) is 13.2 Å². The lowest BCUT2D eigenvalue weighted by Gasteiger charge is -2.33. The average molecular weight is 544 g/mol. The van der Waals surface area contributed by atoms with Crippen molar-refractivity contribution < 1.29 is 31.1 Å². The molecule has 2 heterocycles. The van der Waals surface area contributed by atoms with Crippen molar-refractivity contribution in [1.29, 1.82) is 0 Å². The number of hydrogen-bond acceptors (Lipinski definition) is 5. The van der Waals surface area contributed by atoms with E-state index >= 15 is 0 Å². The van der Waals surface area contributed by atoms with Gasteiger partial charge in [0, 0.05) is 26.3 Å². The summed E-state index contributed by atoms with van der Waals surface area (Å²) >= 11 is 0. The van der Waals surface area contributed by atoms with Gasteiger partial charge >= 0.3 is 6.18 Å². The predicted octanol–water partition coefficient (Wildman–Crippen LogP) is 4.06. The van der Waals surface area contributed by atoms with E-state index in [0.717, 1.165) is 41.3 Å². The molecule has 0 radical (unpaired) electrons. The summed E-state index contributed by atoms with van der Waals surface area (Å²) in [5, 5.41) is 0. The molecule has 0 unspecified atom stereocenters. The first-order valence-electron chi connectivity index (χ1n) is 13.0. The normalized spacial score (nSPS) is 23.7. The molecular formula is C26H36F3N3O4S. The van der Waals surface area contributed by atoms with Gasteiger partial charge in [0.1, 0.15) is 6.61 Å². The van der Waals surface area contributed by atoms with Crippen LogP contribution in [0.5, 0.6) is 0 Å². The monoisotopic (exact) mass is 543 g/mol. The molecule has 0 atom stereocenters. The number of amides is 1. The Morgan fingerprint density at radius 2 is 1.78 bits per heavy atom. The van der Waals surface area contributed by atoms with Crippen molar-refractivity contribution in [1.82, 2.24) is 14.1 Å². The fourth-order valence-electron chi connectivity index (χ4n) is 5.49. The molecule has 0 N–H and O–H groups in total. The molecule has 2 fully saturated rings. The summed E-state index contributed by atoms with van der Waals surface area (Å²) in [6, 6.07) is 2.56. The van der Waals surface area contributed by atoms with Gasteiger partial charge in [-0.25, -0.2) is 8.42 Å². The van der Waals surface area contributed by atoms with Gasteiger partial charge in [-0.1, -0.05) is 0 Å². The number of alkyl halides is 3. The highest BCUT2D eigenvalue weighted by atomic mass is 32.2. The summed E-state index contributed by atoms with van der Waals surface area (Å²) in [5.74, 6) is 1.10. The van der Waals surface area contributed by atoms with Gasteiger partial charge < -0.3 is 14.5 Å². The first kappa shape index (κ1) is 27.9. The second kappa shape index (κ2) is 11.7. The Balaban J connectivity index is 1.17. The third-order valence-electron chi connectivity index (χ3n) is 7.66. The first-order chi connectivity index (χ1) is 17.5. The molecular weight excluding hydrogens is 507 g/mol. The molecule has 0 spiro atoms. The largest absolute Gasteiger partial charge is 0.416 e. The Labute approximate surface area is 217 Å². The number of nitrogens with zero attached hydrogens (tertiary/aromatic N) is 3. The molecule has 3 aliphatic rings. The zero-order valence-corrected chi connectivity index (χ0v) is 22.1. The maximum atomic E-state index is 12.9. The first-order valence-corrected chi connectivity index (χ1v) is 14.4. The predicted molar refractivity (Wildman–Crippen MR) is 134 cm³/mol. The Morgan fingerprint density at radius 1 is 1.11 bits per heavy atom. The van der Waals surface area contributed by atoms with E-state index in [1.807, 2.05) is 0 Å². The maximum absolute atomic E-state index is 12.9. The number of rotatable bonds is 9. The fraction of sp³-hybridized carbons (Fsp3) is 0.654. The van der Waals surface area contributed by atoms with Crippen LogP contribution in [-0.2, 0) is 25.7 Å². The molecule has 0 aromatic heterocycles. The standard InChI is InChI=1S/C26H36F3N3O4S/c1-30(17-20-4-6-21(7-5-20)18-31-11-2-3-12-31)25(33)19-36-15-14-32-13-10-22-16-23(26(27,28)29)8-9-24(22)37(32,34)35/h8-10,13,16,20-21H,2-7,11-12,14-15,17-19H2,1H3. The number of ether oxygens (including phenoxy) is 1. The average Bonchev–Trinajstić information content (AvgIpc) is 3.36. The lowest BCUT2D eigenvalue weighted by atomic mass is 9.81. The van der Waals surface area contributed by atoms with E-state index in [9.17, 15) is 26.4 Å². The zero-order chi connectivity index (χ0) is 26.6. The van der Waals surface area contributed by atoms with Gasteiger partial charge in [-0.05, 0) is 93.3 Å². The highest BCUT2D eigenvalue weighted by Gasteiger charge is 2.34. The quantitative estimate of drug-likeness (QED) is 0.440. The molecule has 1 saturated carbocycles. The van der Waals surface area contributed by atoms with Crippen molar-refractivity contribution >= 4 is 22.0 Å². The molecule has 2 aliphatic heterocycles. The van der Waals surface area contributed by atoms with Crippen LogP contribution in [0.25, 0.3) is 6.08 Å². The zero-order valence-electron chi connectivity index (χ0n) is 21.3. The van der Waals surface area contributed by atoms with Gasteiger partial charge in [0.25, 0.3) is 10.0 Å². The molecule has 37 heavy (non-hydrogen) atoms. The van der Waals surface area contributed by atoms with Crippen molar-refractivity contribution in [2.45, 2.75) is 49.6 Å². The highest BCUT2D eigenvalue weighted by Crippen LogP contribution is 2.34. The fourth-order valence-corrected chi connectivity index (χ4v) is 6.95. The van der Waals surface area contributed by atoms with Crippen LogP contribution in [0, 0.1) is 11.8 Å². The second-order valence-electron chi connectivity index (χ2n) is 10.4. The minimum absolute atomic E-state index is 0.00567. The molecule has 1 aromatic carbocycles. The molecule has 1 saturated heterocycles. The summed E-state index contributed by atoms with van der Waals surface area (Å²) in [6.07, 6.45) is 5.31. The number of carbonyl (C=O) groups is 1. The minimum atomic E-state index is -4.55. The molecule has 7 nitrogen and oxygen atoms in total. The van der Waals surface area contributed by atoms with Crippen LogP contribution < -0.4 is 0 Å². The lowest BCUT2D eigenvalue weighted by Crippen LogP contribution is -2.37. The third kappa shape index (κ3) is 7.06. The van der Waals surface area contributed by atoms with E-state index in [1.165, 1.54) is 57.6 Å². The van der Waals surface area contributed by atoms with Gasteiger partial charge in [-0.15, -0.1) is 0 Å². The van der Waals surface area contributed by atoms with Crippen LogP contribution in [0.1, 0.15) is 49.7 Å². The number of hydrogen-bond donors (Lipinski definition) is 0. The van der Waals surface area contributed by atoms with Gasteiger partial charge in [0.05, 0.1) is 23.6 Å². The topological polar surface area (TPSA) is 70.2 Å². The number of fused-ring (bicyclic) bond motifs is 1. The Hall–Kier alpha value is -2.11. The van der Waals surface area contributed by atoms with Crippen molar-refractivity contribution in [3.63, 3.8) is 0 Å². The minimum Gasteiger partial charge on any atom is -0.370 e. The molecule has 4 rings (SSSR count). The molecule has 11 heteroatoms. The number of benzene rings is 1. The third-order valence-corrected chi connectivity index (χ3v) is 9.51. The smallest absolute Gasteiger partial charge is 0.370 e. The van der Waals surface area contributed by atoms with E-state index in [1.54, 1.807) is 11.9 Å². The summed E-state index contributed by atoms with van der Waals surface area (Å²) in [5.41, 5.74) is -0.908. The van der Waals surface area contributed by atoms with Gasteiger partial charge in [-0.3, -0.25) is 9.10 Å². The Kier molecular flexibility index (Phi) is 8.85. The van der Waals surface area contributed by atoms with E-state index in [4.69, 9.17) is 4.74 Å². The van der Waals surface area contributed by atoms with Crippen molar-refractivity contribution in [2.75, 3.05) is 53.0 Å². The van der Waals surface area contributed by atoms with E-state index in [0.29, 0.717) is 12.5 Å². The number of sulfonamides is 1. The maximum Gasteiger partial charge on any atom is 0.416 e. The SMILES string of the molecule is CN(CC1CCC(CN2CCCC2)CC1)C(=O)COCCN1C=Cc2cc(C(F)(F)F)ccc2S1(=O)=O. The van der Waals surface area contributed by atoms with E-state index < -0.39 is 21.8 Å². The highest BCUT2D eigenvalue weighted by molar-refractivity contribution is 7.89. The number of carbonyl (C=O) groups excluding carboxylic acids is 1. The number of likely N-dealkylation sites (N-methyl/N-ethyl adjacent to an activating group) is 1. The van der Waals surface area contributed by atoms with Crippen molar-refractivity contribution in [3.8, 4) is 0 Å². The van der Waals surface area contributed by atoms with Crippen molar-refractivity contribution in [3.05, 3.63) is 35.5 Å². The Morgan fingerprint density at radius 3 is 2.46 bits per heavy atom. The van der Waals surface area contributed by atoms with Gasteiger partial charge in [0.15, 0.2) is 0 Å². The van der Waals surface area contributed by atoms with Gasteiger partial charge in [0.2, 0.25) is 5.91 Å². The Bertz CT molecular complexity index is 1080. The molecule has 0 bridgehead atoms. The van der Waals surface area contributed by atoms with Crippen LogP contribution in [0.2, 0.25) is 0 Å². The van der Waals surface area contributed by atoms with Crippen LogP contribution in [0.3, 0.4) is 0 Å². The summed E-state index contributed by atoms with van der Waals surface area (Å²) < 4.78 is 70.9. The van der Waals surface area contributed by atoms with Crippen LogP contribution in [0.4, 0.5) is 13.2 Å². The molecule has 1 aliphatic carbocycles. The van der Waals surface area contributed by atoms with E-state index in [2.05, 4.69) is 4.90 Å². The van der Waals surface area contributed by atoms with Crippen LogP contribution in [-0.4, -0.2) is 81.4 Å². The summed E-state index contributed by atoms with van der Waals surface area (Å²) in [7, 11) is -2.22. The van der Waals surface area contributed by atoms with Crippen LogP contribution >= 0.6 is 0 Å². The summed E-state index contributed by atoms with van der Waals surface area (Å²) in [6.45, 7) is 4.15. The second-order valence-corrected chi connectivity index (χ2v) is 12.3. The molecule has 1 amide bonds. The summed E-state index contributed by atoms with van der Waals surface area (Å²) in [4.78, 5) is 16.6. The lowest BCUT2D eigenvalue weighted by molar-refractivity contribution is -0.137. The number of halogens is 3.